The third kappa shape index (κ3) is 3.48. The molecule has 0 bridgehead atoms. The zero-order valence-electron chi connectivity index (χ0n) is 10.6. The summed E-state index contributed by atoms with van der Waals surface area (Å²) in [5.74, 6) is 1.15. The van der Waals surface area contributed by atoms with E-state index in [1.807, 2.05) is 36.1 Å². The number of amides is 1. The lowest BCUT2D eigenvalue weighted by Crippen LogP contribution is -2.41. The predicted molar refractivity (Wildman–Crippen MR) is 74.7 cm³/mol. The van der Waals surface area contributed by atoms with Crippen molar-refractivity contribution in [2.75, 3.05) is 13.1 Å². The van der Waals surface area contributed by atoms with E-state index in [9.17, 15) is 4.79 Å². The van der Waals surface area contributed by atoms with Crippen molar-refractivity contribution in [2.45, 2.75) is 32.3 Å². The van der Waals surface area contributed by atoms with Gasteiger partial charge in [0.2, 0.25) is 5.91 Å². The summed E-state index contributed by atoms with van der Waals surface area (Å²) in [4.78, 5) is 13.5. The van der Waals surface area contributed by atoms with E-state index in [0.717, 1.165) is 36.2 Å². The maximum atomic E-state index is 11.5. The van der Waals surface area contributed by atoms with Gasteiger partial charge in [-0.2, -0.15) is 0 Å². The number of halogens is 1. The lowest BCUT2D eigenvalue weighted by molar-refractivity contribution is -0.132. The zero-order chi connectivity index (χ0) is 13.0. The minimum atomic E-state index is 0.229. The van der Waals surface area contributed by atoms with Crippen LogP contribution < -0.4 is 4.74 Å². The van der Waals surface area contributed by atoms with Gasteiger partial charge in [-0.3, -0.25) is 4.79 Å². The number of ether oxygens (including phenoxy) is 1. The average molecular weight is 312 g/mol. The Labute approximate surface area is 116 Å². The van der Waals surface area contributed by atoms with Crippen LogP contribution in [0.15, 0.2) is 28.7 Å². The molecule has 0 spiro atoms. The molecule has 1 aliphatic rings. The molecule has 0 atom stereocenters. The van der Waals surface area contributed by atoms with Crippen molar-refractivity contribution in [1.82, 2.24) is 4.90 Å². The highest BCUT2D eigenvalue weighted by Crippen LogP contribution is 2.21. The molecular formula is C14H18BrNO2. The standard InChI is InChI=1S/C14H18BrNO2/c1-2-14(17)16-9-7-13(8-10-16)18-12-5-3-11(15)4-6-12/h3-6,13H,2,7-10H2,1H3. The molecule has 98 valence electrons. The van der Waals surface area contributed by atoms with E-state index in [4.69, 9.17) is 4.74 Å². The van der Waals surface area contributed by atoms with E-state index in [0.29, 0.717) is 6.42 Å². The van der Waals surface area contributed by atoms with Crippen molar-refractivity contribution >= 4 is 21.8 Å². The molecule has 18 heavy (non-hydrogen) atoms. The SMILES string of the molecule is CCC(=O)N1CCC(Oc2ccc(Br)cc2)CC1. The molecule has 4 heteroatoms. The summed E-state index contributed by atoms with van der Waals surface area (Å²) in [5.41, 5.74) is 0. The van der Waals surface area contributed by atoms with Gasteiger partial charge in [0.15, 0.2) is 0 Å². The lowest BCUT2D eigenvalue weighted by Gasteiger charge is -2.32. The van der Waals surface area contributed by atoms with Crippen LogP contribution in [-0.2, 0) is 4.79 Å². The van der Waals surface area contributed by atoms with Crippen molar-refractivity contribution in [1.29, 1.82) is 0 Å². The summed E-state index contributed by atoms with van der Waals surface area (Å²) in [6.45, 7) is 3.54. The number of carbonyl (C=O) groups is 1. The molecule has 2 rings (SSSR count). The zero-order valence-corrected chi connectivity index (χ0v) is 12.1. The van der Waals surface area contributed by atoms with Crippen LogP contribution >= 0.6 is 15.9 Å². The molecule has 1 fully saturated rings. The Hall–Kier alpha value is -1.03. The number of likely N-dealkylation sites (tertiary alicyclic amines) is 1. The molecule has 1 aliphatic heterocycles. The van der Waals surface area contributed by atoms with Crippen molar-refractivity contribution in [3.8, 4) is 5.75 Å². The quantitative estimate of drug-likeness (QED) is 0.857. The van der Waals surface area contributed by atoms with Gasteiger partial charge in [0.05, 0.1) is 0 Å². The second-order valence-electron chi connectivity index (χ2n) is 4.51. The van der Waals surface area contributed by atoms with Crippen molar-refractivity contribution in [2.24, 2.45) is 0 Å². The summed E-state index contributed by atoms with van der Waals surface area (Å²) in [6.07, 6.45) is 2.66. The van der Waals surface area contributed by atoms with E-state index in [1.165, 1.54) is 0 Å². The third-order valence-corrected chi connectivity index (χ3v) is 3.74. The first-order valence-corrected chi connectivity index (χ1v) is 7.18. The minimum absolute atomic E-state index is 0.229. The lowest BCUT2D eigenvalue weighted by atomic mass is 10.1. The highest BCUT2D eigenvalue weighted by molar-refractivity contribution is 9.10. The molecule has 1 saturated heterocycles. The Morgan fingerprint density at radius 2 is 1.94 bits per heavy atom. The van der Waals surface area contributed by atoms with Crippen LogP contribution in [0.3, 0.4) is 0 Å². The van der Waals surface area contributed by atoms with Crippen molar-refractivity contribution in [3.05, 3.63) is 28.7 Å². The molecule has 0 radical (unpaired) electrons. The smallest absolute Gasteiger partial charge is 0.222 e. The summed E-state index contributed by atoms with van der Waals surface area (Å²) >= 11 is 3.40. The van der Waals surface area contributed by atoms with E-state index < -0.39 is 0 Å². The minimum Gasteiger partial charge on any atom is -0.490 e. The first kappa shape index (κ1) is 13.4. The maximum Gasteiger partial charge on any atom is 0.222 e. The Morgan fingerprint density at radius 1 is 1.33 bits per heavy atom. The first-order chi connectivity index (χ1) is 8.69. The second-order valence-corrected chi connectivity index (χ2v) is 5.42. The van der Waals surface area contributed by atoms with Gasteiger partial charge in [-0.1, -0.05) is 22.9 Å². The highest BCUT2D eigenvalue weighted by atomic mass is 79.9. The van der Waals surface area contributed by atoms with Crippen LogP contribution in [0, 0.1) is 0 Å². The Bertz CT molecular complexity index is 397. The number of rotatable bonds is 3. The fourth-order valence-corrected chi connectivity index (χ4v) is 2.42. The Balaban J connectivity index is 1.83. The molecule has 0 unspecified atom stereocenters. The number of piperidine rings is 1. The summed E-state index contributed by atoms with van der Waals surface area (Å²) in [5, 5.41) is 0. The summed E-state index contributed by atoms with van der Waals surface area (Å²) < 4.78 is 6.97. The molecule has 0 saturated carbocycles. The third-order valence-electron chi connectivity index (χ3n) is 3.21. The van der Waals surface area contributed by atoms with Crippen LogP contribution in [0.1, 0.15) is 26.2 Å². The van der Waals surface area contributed by atoms with Crippen LogP contribution in [0.4, 0.5) is 0 Å². The highest BCUT2D eigenvalue weighted by Gasteiger charge is 2.22. The molecular weight excluding hydrogens is 294 g/mol. The molecule has 3 nitrogen and oxygen atoms in total. The Kier molecular flexibility index (Phi) is 4.64. The second kappa shape index (κ2) is 6.23. The van der Waals surface area contributed by atoms with Crippen LogP contribution in [-0.4, -0.2) is 30.0 Å². The maximum absolute atomic E-state index is 11.5. The van der Waals surface area contributed by atoms with E-state index in [1.54, 1.807) is 0 Å². The molecule has 1 aromatic carbocycles. The number of nitrogens with zero attached hydrogens (tertiary/aromatic N) is 1. The van der Waals surface area contributed by atoms with E-state index in [-0.39, 0.29) is 12.0 Å². The summed E-state index contributed by atoms with van der Waals surface area (Å²) in [7, 11) is 0. The van der Waals surface area contributed by atoms with Gasteiger partial charge in [-0.05, 0) is 24.3 Å². The van der Waals surface area contributed by atoms with Gasteiger partial charge in [-0.25, -0.2) is 0 Å². The summed E-state index contributed by atoms with van der Waals surface area (Å²) in [6, 6.07) is 7.89. The Morgan fingerprint density at radius 3 is 2.50 bits per heavy atom. The van der Waals surface area contributed by atoms with Gasteiger partial charge in [-0.15, -0.1) is 0 Å². The monoisotopic (exact) mass is 311 g/mol. The normalized spacial score (nSPS) is 16.7. The number of benzene rings is 1. The first-order valence-electron chi connectivity index (χ1n) is 6.39. The number of hydrogen-bond acceptors (Lipinski definition) is 2. The fraction of sp³-hybridized carbons (Fsp3) is 0.500. The van der Waals surface area contributed by atoms with Gasteiger partial charge in [0, 0.05) is 36.8 Å². The van der Waals surface area contributed by atoms with Crippen molar-refractivity contribution < 1.29 is 9.53 Å². The molecule has 1 aromatic rings. The topological polar surface area (TPSA) is 29.5 Å². The van der Waals surface area contributed by atoms with E-state index >= 15 is 0 Å². The molecule has 0 aromatic heterocycles. The number of carbonyl (C=O) groups excluding carboxylic acids is 1. The number of hydrogen-bond donors (Lipinski definition) is 0. The van der Waals surface area contributed by atoms with Gasteiger partial charge < -0.3 is 9.64 Å². The van der Waals surface area contributed by atoms with Crippen LogP contribution in [0.25, 0.3) is 0 Å². The van der Waals surface area contributed by atoms with Gasteiger partial charge in [0.1, 0.15) is 11.9 Å². The molecule has 0 N–H and O–H groups in total. The molecule has 1 heterocycles. The van der Waals surface area contributed by atoms with E-state index in [2.05, 4.69) is 15.9 Å². The van der Waals surface area contributed by atoms with Crippen LogP contribution in [0.5, 0.6) is 5.75 Å². The fourth-order valence-electron chi connectivity index (χ4n) is 2.15. The van der Waals surface area contributed by atoms with Crippen molar-refractivity contribution in [3.63, 3.8) is 0 Å². The largest absolute Gasteiger partial charge is 0.490 e. The van der Waals surface area contributed by atoms with Gasteiger partial charge >= 0.3 is 0 Å². The molecule has 0 aliphatic carbocycles. The predicted octanol–water partition coefficient (Wildman–Crippen LogP) is 3.23. The molecule has 1 amide bonds. The average Bonchev–Trinajstić information content (AvgIpc) is 2.41. The van der Waals surface area contributed by atoms with Gasteiger partial charge in [0.25, 0.3) is 0 Å². The van der Waals surface area contributed by atoms with Crippen LogP contribution in [0.2, 0.25) is 0 Å².